The molecular weight excluding hydrogens is 178 g/mol. The lowest BCUT2D eigenvalue weighted by Gasteiger charge is -2.23. The molecule has 3 nitrogen and oxygen atoms in total. The Bertz CT molecular complexity index is 231. The van der Waals surface area contributed by atoms with E-state index in [1.165, 1.54) is 0 Å². The van der Waals surface area contributed by atoms with Gasteiger partial charge in [-0.15, -0.1) is 0 Å². The van der Waals surface area contributed by atoms with E-state index in [1.54, 1.807) is 0 Å². The number of carbonyl (C=O) groups is 1. The predicted molar refractivity (Wildman–Crippen MR) is 56.0 cm³/mol. The topological polar surface area (TPSA) is 29.5 Å². The minimum atomic E-state index is -0.194. The lowest BCUT2D eigenvalue weighted by Crippen LogP contribution is -2.30. The lowest BCUT2D eigenvalue weighted by molar-refractivity contribution is -0.128. The van der Waals surface area contributed by atoms with Crippen molar-refractivity contribution in [2.75, 3.05) is 20.7 Å². The number of ketones is 1. The molecule has 0 bridgehead atoms. The number of Topliss-reactive ketones (excluding diaryl/α,β-unsaturated/α-hetero) is 1. The van der Waals surface area contributed by atoms with E-state index >= 15 is 0 Å². The zero-order chi connectivity index (χ0) is 10.6. The summed E-state index contributed by atoms with van der Waals surface area (Å²) < 4.78 is 5.40. The molecule has 80 valence electrons. The highest BCUT2D eigenvalue weighted by atomic mass is 16.5. The number of carbonyl (C=O) groups excluding carboxylic acids is 1. The van der Waals surface area contributed by atoms with Gasteiger partial charge in [0.05, 0.1) is 0 Å². The molecule has 0 aromatic carbocycles. The van der Waals surface area contributed by atoms with E-state index in [9.17, 15) is 4.79 Å². The molecule has 1 fully saturated rings. The van der Waals surface area contributed by atoms with Crippen LogP contribution in [0.15, 0.2) is 11.8 Å². The molecule has 0 aromatic heterocycles. The summed E-state index contributed by atoms with van der Waals surface area (Å²) in [4.78, 5) is 13.7. The van der Waals surface area contributed by atoms with E-state index in [0.717, 1.165) is 24.8 Å². The first kappa shape index (κ1) is 11.2. The van der Waals surface area contributed by atoms with Gasteiger partial charge >= 0.3 is 0 Å². The molecule has 0 heterocycles. The Morgan fingerprint density at radius 3 is 2.86 bits per heavy atom. The first-order valence-electron chi connectivity index (χ1n) is 5.18. The minimum Gasteiger partial charge on any atom is -0.383 e. The van der Waals surface area contributed by atoms with Crippen LogP contribution in [0.2, 0.25) is 0 Å². The molecule has 1 aliphatic carbocycles. The van der Waals surface area contributed by atoms with Gasteiger partial charge in [-0.05, 0) is 26.2 Å². The third-order valence-corrected chi connectivity index (χ3v) is 2.30. The number of rotatable bonds is 3. The molecular formula is C11H19NO2. The Balaban J connectivity index is 2.66. The molecule has 0 aromatic rings. The summed E-state index contributed by atoms with van der Waals surface area (Å²) in [5, 5.41) is 0. The van der Waals surface area contributed by atoms with Gasteiger partial charge in [0.25, 0.3) is 0 Å². The van der Waals surface area contributed by atoms with Gasteiger partial charge < -0.3 is 9.64 Å². The van der Waals surface area contributed by atoms with Crippen LogP contribution in [0, 0.1) is 0 Å². The largest absolute Gasteiger partial charge is 0.383 e. The average Bonchev–Trinajstić information content (AvgIpc) is 2.11. The fraction of sp³-hybridized carbons (Fsp3) is 0.727. The highest BCUT2D eigenvalue weighted by molar-refractivity contribution is 5.99. The van der Waals surface area contributed by atoms with Crippen LogP contribution in [0.3, 0.4) is 0 Å². The maximum absolute atomic E-state index is 11.8. The van der Waals surface area contributed by atoms with Crippen molar-refractivity contribution in [1.29, 1.82) is 0 Å². The molecule has 1 atom stereocenters. The molecule has 0 amide bonds. The Morgan fingerprint density at radius 2 is 2.29 bits per heavy atom. The number of hydrogen-bond donors (Lipinski definition) is 0. The number of ether oxygens (including phenoxy) is 1. The first-order valence-corrected chi connectivity index (χ1v) is 5.18. The summed E-state index contributed by atoms with van der Waals surface area (Å²) >= 11 is 0. The summed E-state index contributed by atoms with van der Waals surface area (Å²) in [6.07, 6.45) is 4.53. The first-order chi connectivity index (χ1) is 6.65. The molecule has 1 unspecified atom stereocenters. The van der Waals surface area contributed by atoms with Gasteiger partial charge in [-0.3, -0.25) is 4.79 Å². The second-order valence-electron chi connectivity index (χ2n) is 3.82. The fourth-order valence-electron chi connectivity index (χ4n) is 1.74. The highest BCUT2D eigenvalue weighted by Gasteiger charge is 2.26. The summed E-state index contributed by atoms with van der Waals surface area (Å²) in [6, 6.07) is 0. The van der Waals surface area contributed by atoms with Crippen LogP contribution in [-0.4, -0.2) is 37.5 Å². The number of hydrogen-bond acceptors (Lipinski definition) is 3. The number of nitrogens with zero attached hydrogens (tertiary/aromatic N) is 1. The van der Waals surface area contributed by atoms with Crippen molar-refractivity contribution in [1.82, 2.24) is 4.90 Å². The maximum atomic E-state index is 11.8. The van der Waals surface area contributed by atoms with Crippen LogP contribution in [0.4, 0.5) is 0 Å². The zero-order valence-corrected chi connectivity index (χ0v) is 9.25. The van der Waals surface area contributed by atoms with Crippen molar-refractivity contribution in [2.24, 2.45) is 0 Å². The third-order valence-electron chi connectivity index (χ3n) is 2.30. The van der Waals surface area contributed by atoms with E-state index in [2.05, 4.69) is 0 Å². The zero-order valence-electron chi connectivity index (χ0n) is 9.25. The summed E-state index contributed by atoms with van der Waals surface area (Å²) in [6.45, 7) is 2.54. The lowest BCUT2D eigenvalue weighted by atomic mass is 9.91. The van der Waals surface area contributed by atoms with Crippen LogP contribution in [0.25, 0.3) is 0 Å². The van der Waals surface area contributed by atoms with Crippen LogP contribution in [0.5, 0.6) is 0 Å². The molecule has 1 rings (SSSR count). The maximum Gasteiger partial charge on any atom is 0.188 e. The molecule has 0 radical (unpaired) electrons. The van der Waals surface area contributed by atoms with E-state index in [4.69, 9.17) is 4.74 Å². The van der Waals surface area contributed by atoms with E-state index < -0.39 is 0 Å². The molecule has 3 heteroatoms. The second-order valence-corrected chi connectivity index (χ2v) is 3.82. The van der Waals surface area contributed by atoms with Crippen molar-refractivity contribution in [2.45, 2.75) is 32.3 Å². The summed E-state index contributed by atoms with van der Waals surface area (Å²) in [5.74, 6) is 0.173. The molecule has 0 saturated heterocycles. The standard InChI is InChI=1S/C11H19NO2/c1-4-14-10-7-5-6-9(11(10)13)8-12(2)3/h8,10H,4-7H2,1-3H3/b9-8-. The van der Waals surface area contributed by atoms with E-state index in [0.29, 0.717) is 6.61 Å². The van der Waals surface area contributed by atoms with Crippen molar-refractivity contribution in [3.63, 3.8) is 0 Å². The second kappa shape index (κ2) is 5.15. The molecule has 1 saturated carbocycles. The van der Waals surface area contributed by atoms with Crippen molar-refractivity contribution >= 4 is 5.78 Å². The molecule has 0 aliphatic heterocycles. The van der Waals surface area contributed by atoms with Gasteiger partial charge in [0.1, 0.15) is 6.10 Å². The average molecular weight is 197 g/mol. The Morgan fingerprint density at radius 1 is 1.57 bits per heavy atom. The molecule has 0 N–H and O–H groups in total. The molecule has 14 heavy (non-hydrogen) atoms. The van der Waals surface area contributed by atoms with Gasteiger partial charge in [0.15, 0.2) is 5.78 Å². The van der Waals surface area contributed by atoms with E-state index in [1.807, 2.05) is 32.1 Å². The highest BCUT2D eigenvalue weighted by Crippen LogP contribution is 2.22. The van der Waals surface area contributed by atoms with Crippen molar-refractivity contribution < 1.29 is 9.53 Å². The van der Waals surface area contributed by atoms with Crippen molar-refractivity contribution in [3.05, 3.63) is 11.8 Å². The predicted octanol–water partition coefficient (Wildman–Crippen LogP) is 1.59. The Labute approximate surface area is 85.7 Å². The smallest absolute Gasteiger partial charge is 0.188 e. The fourth-order valence-corrected chi connectivity index (χ4v) is 1.74. The van der Waals surface area contributed by atoms with Gasteiger partial charge in [0, 0.05) is 32.5 Å². The van der Waals surface area contributed by atoms with E-state index in [-0.39, 0.29) is 11.9 Å². The quantitative estimate of drug-likeness (QED) is 0.643. The SMILES string of the molecule is CCOC1CCC/C(=C/N(C)C)C1=O. The van der Waals surface area contributed by atoms with Gasteiger partial charge in [-0.2, -0.15) is 0 Å². The summed E-state index contributed by atoms with van der Waals surface area (Å²) in [5.41, 5.74) is 0.903. The normalized spacial score (nSPS) is 25.5. The van der Waals surface area contributed by atoms with Crippen LogP contribution >= 0.6 is 0 Å². The van der Waals surface area contributed by atoms with Crippen LogP contribution in [-0.2, 0) is 9.53 Å². The minimum absolute atomic E-state index is 0.173. The third kappa shape index (κ3) is 2.84. The Kier molecular flexibility index (Phi) is 4.14. The monoisotopic (exact) mass is 197 g/mol. The molecule has 1 aliphatic rings. The van der Waals surface area contributed by atoms with Gasteiger partial charge in [-0.25, -0.2) is 0 Å². The van der Waals surface area contributed by atoms with Gasteiger partial charge in [0.2, 0.25) is 0 Å². The Hall–Kier alpha value is -0.830. The van der Waals surface area contributed by atoms with Crippen LogP contribution < -0.4 is 0 Å². The van der Waals surface area contributed by atoms with Gasteiger partial charge in [-0.1, -0.05) is 0 Å². The van der Waals surface area contributed by atoms with Crippen molar-refractivity contribution in [3.8, 4) is 0 Å². The molecule has 0 spiro atoms. The van der Waals surface area contributed by atoms with Crippen LogP contribution in [0.1, 0.15) is 26.2 Å². The summed E-state index contributed by atoms with van der Waals surface area (Å²) in [7, 11) is 3.87.